The highest BCUT2D eigenvalue weighted by atomic mass is 32.1. The molecule has 1 heterocycles. The summed E-state index contributed by atoms with van der Waals surface area (Å²) >= 11 is 1.46. The summed E-state index contributed by atoms with van der Waals surface area (Å²) < 4.78 is 0. The molecule has 0 bridgehead atoms. The number of hydrogen-bond donors (Lipinski definition) is 1. The molecule has 17 heavy (non-hydrogen) atoms. The van der Waals surface area contributed by atoms with Gasteiger partial charge < -0.3 is 10.0 Å². The average molecular weight is 256 g/mol. The Morgan fingerprint density at radius 3 is 2.94 bits per heavy atom. The number of nitrogens with zero attached hydrogens (tertiary/aromatic N) is 2. The van der Waals surface area contributed by atoms with Crippen molar-refractivity contribution in [3.8, 4) is 0 Å². The van der Waals surface area contributed by atoms with Gasteiger partial charge in [-0.2, -0.15) is 0 Å². The molecule has 1 atom stereocenters. The van der Waals surface area contributed by atoms with Gasteiger partial charge in [-0.1, -0.05) is 6.92 Å². The van der Waals surface area contributed by atoms with Gasteiger partial charge in [0, 0.05) is 13.6 Å². The second-order valence-corrected chi connectivity index (χ2v) is 5.35. The number of carbonyl (C=O) groups is 1. The van der Waals surface area contributed by atoms with E-state index in [9.17, 15) is 9.90 Å². The summed E-state index contributed by atoms with van der Waals surface area (Å²) in [7, 11) is 1.75. The lowest BCUT2D eigenvalue weighted by atomic mass is 10.3. The maximum absolute atomic E-state index is 12.0. The maximum Gasteiger partial charge on any atom is 0.265 e. The molecule has 96 valence electrons. The Kier molecular flexibility index (Phi) is 5.58. The minimum Gasteiger partial charge on any atom is -0.393 e. The van der Waals surface area contributed by atoms with E-state index in [0.717, 1.165) is 17.8 Å². The number of thiazole rings is 1. The van der Waals surface area contributed by atoms with E-state index >= 15 is 0 Å². The predicted molar refractivity (Wildman–Crippen MR) is 69.4 cm³/mol. The lowest BCUT2D eigenvalue weighted by Crippen LogP contribution is -2.28. The zero-order chi connectivity index (χ0) is 12.8. The lowest BCUT2D eigenvalue weighted by Gasteiger charge is -2.16. The number of amides is 1. The monoisotopic (exact) mass is 256 g/mol. The summed E-state index contributed by atoms with van der Waals surface area (Å²) in [5.74, 6) is -0.00879. The summed E-state index contributed by atoms with van der Waals surface area (Å²) in [4.78, 5) is 18.5. The topological polar surface area (TPSA) is 53.4 Å². The first-order valence-corrected chi connectivity index (χ1v) is 6.74. The number of aryl methyl sites for hydroxylation is 1. The standard InChI is InChI=1S/C12H20N2O2S/c1-4-5-11-13-8-10(17-11)12(16)14(3)7-6-9(2)15/h8-9,15H,4-7H2,1-3H3. The average Bonchev–Trinajstić information content (AvgIpc) is 2.74. The summed E-state index contributed by atoms with van der Waals surface area (Å²) in [6.07, 6.45) is 3.84. The lowest BCUT2D eigenvalue weighted by molar-refractivity contribution is 0.0773. The normalized spacial score (nSPS) is 12.5. The molecule has 0 radical (unpaired) electrons. The van der Waals surface area contributed by atoms with Gasteiger partial charge in [0.15, 0.2) is 0 Å². The van der Waals surface area contributed by atoms with Crippen LogP contribution in [0.15, 0.2) is 6.20 Å². The first kappa shape index (κ1) is 14.1. The maximum atomic E-state index is 12.0. The minimum absolute atomic E-state index is 0.00879. The van der Waals surface area contributed by atoms with Crippen LogP contribution in [0.4, 0.5) is 0 Å². The van der Waals surface area contributed by atoms with E-state index < -0.39 is 0 Å². The van der Waals surface area contributed by atoms with Crippen molar-refractivity contribution in [2.45, 2.75) is 39.2 Å². The van der Waals surface area contributed by atoms with E-state index in [1.807, 2.05) is 0 Å². The van der Waals surface area contributed by atoms with Crippen LogP contribution in [0.3, 0.4) is 0 Å². The third kappa shape index (κ3) is 4.44. The van der Waals surface area contributed by atoms with Gasteiger partial charge in [0.1, 0.15) is 4.88 Å². The van der Waals surface area contributed by atoms with Crippen LogP contribution in [-0.2, 0) is 6.42 Å². The van der Waals surface area contributed by atoms with E-state index in [1.54, 1.807) is 25.1 Å². The Bertz CT molecular complexity index is 363. The molecule has 0 aliphatic heterocycles. The molecule has 1 N–H and O–H groups in total. The van der Waals surface area contributed by atoms with E-state index in [0.29, 0.717) is 17.8 Å². The third-order valence-electron chi connectivity index (χ3n) is 2.46. The van der Waals surface area contributed by atoms with Gasteiger partial charge in [-0.15, -0.1) is 11.3 Å². The predicted octanol–water partition coefficient (Wildman–Crippen LogP) is 1.94. The zero-order valence-electron chi connectivity index (χ0n) is 10.6. The second-order valence-electron chi connectivity index (χ2n) is 4.23. The molecular weight excluding hydrogens is 236 g/mol. The molecule has 5 heteroatoms. The third-order valence-corrected chi connectivity index (χ3v) is 3.50. The molecule has 0 aliphatic carbocycles. The molecule has 4 nitrogen and oxygen atoms in total. The summed E-state index contributed by atoms with van der Waals surface area (Å²) in [6.45, 7) is 4.39. The Labute approximate surface area is 106 Å². The largest absolute Gasteiger partial charge is 0.393 e. The summed E-state index contributed by atoms with van der Waals surface area (Å²) in [5, 5.41) is 10.2. The van der Waals surface area contributed by atoms with Gasteiger partial charge in [-0.25, -0.2) is 4.98 Å². The van der Waals surface area contributed by atoms with Gasteiger partial charge in [0.2, 0.25) is 0 Å². The molecule has 1 aromatic heterocycles. The van der Waals surface area contributed by atoms with Crippen LogP contribution in [0.1, 0.15) is 41.4 Å². The molecule has 0 saturated heterocycles. The number of hydrogen-bond acceptors (Lipinski definition) is 4. The van der Waals surface area contributed by atoms with Gasteiger partial charge in [0.25, 0.3) is 5.91 Å². The van der Waals surface area contributed by atoms with Crippen molar-refractivity contribution in [3.63, 3.8) is 0 Å². The van der Waals surface area contributed by atoms with Crippen molar-refractivity contribution in [1.82, 2.24) is 9.88 Å². The van der Waals surface area contributed by atoms with Crippen LogP contribution in [-0.4, -0.2) is 40.6 Å². The van der Waals surface area contributed by atoms with Crippen LogP contribution in [0, 0.1) is 0 Å². The fourth-order valence-corrected chi connectivity index (χ4v) is 2.42. The Hall–Kier alpha value is -0.940. The number of aliphatic hydroxyl groups is 1. The van der Waals surface area contributed by atoms with Gasteiger partial charge in [-0.05, 0) is 26.2 Å². The molecule has 1 unspecified atom stereocenters. The van der Waals surface area contributed by atoms with Crippen molar-refractivity contribution in [3.05, 3.63) is 16.1 Å². The van der Waals surface area contributed by atoms with Crippen molar-refractivity contribution < 1.29 is 9.90 Å². The molecule has 0 spiro atoms. The van der Waals surface area contributed by atoms with Crippen molar-refractivity contribution in [2.75, 3.05) is 13.6 Å². The highest BCUT2D eigenvalue weighted by Crippen LogP contribution is 2.16. The van der Waals surface area contributed by atoms with Crippen molar-refractivity contribution in [1.29, 1.82) is 0 Å². The van der Waals surface area contributed by atoms with E-state index in [4.69, 9.17) is 0 Å². The summed E-state index contributed by atoms with van der Waals surface area (Å²) in [6, 6.07) is 0. The Morgan fingerprint density at radius 1 is 1.65 bits per heavy atom. The molecule has 0 saturated carbocycles. The number of rotatable bonds is 6. The van der Waals surface area contributed by atoms with Gasteiger partial charge in [0.05, 0.1) is 17.3 Å². The molecule has 1 rings (SSSR count). The number of aliphatic hydroxyl groups excluding tert-OH is 1. The van der Waals surface area contributed by atoms with Gasteiger partial charge >= 0.3 is 0 Å². The van der Waals surface area contributed by atoms with Crippen LogP contribution < -0.4 is 0 Å². The number of carbonyl (C=O) groups excluding carboxylic acids is 1. The zero-order valence-corrected chi connectivity index (χ0v) is 11.5. The first-order chi connectivity index (χ1) is 8.04. The SMILES string of the molecule is CCCc1ncc(C(=O)N(C)CCC(C)O)s1. The highest BCUT2D eigenvalue weighted by molar-refractivity contribution is 7.13. The first-order valence-electron chi connectivity index (χ1n) is 5.92. The Morgan fingerprint density at radius 2 is 2.35 bits per heavy atom. The quantitative estimate of drug-likeness (QED) is 0.846. The Balaban J connectivity index is 2.55. The smallest absolute Gasteiger partial charge is 0.265 e. The highest BCUT2D eigenvalue weighted by Gasteiger charge is 2.15. The van der Waals surface area contributed by atoms with E-state index in [1.165, 1.54) is 11.3 Å². The van der Waals surface area contributed by atoms with E-state index in [2.05, 4.69) is 11.9 Å². The molecule has 0 aromatic carbocycles. The van der Waals surface area contributed by atoms with Crippen LogP contribution >= 0.6 is 11.3 Å². The summed E-state index contributed by atoms with van der Waals surface area (Å²) in [5.41, 5.74) is 0. The molecule has 0 fully saturated rings. The van der Waals surface area contributed by atoms with Crippen LogP contribution in [0.5, 0.6) is 0 Å². The number of aromatic nitrogens is 1. The fourth-order valence-electron chi connectivity index (χ4n) is 1.41. The minimum atomic E-state index is -0.373. The molecule has 0 aliphatic rings. The second kappa shape index (κ2) is 6.71. The van der Waals surface area contributed by atoms with E-state index in [-0.39, 0.29) is 12.0 Å². The molecular formula is C12H20N2O2S. The van der Waals surface area contributed by atoms with Crippen molar-refractivity contribution >= 4 is 17.2 Å². The molecule has 1 aromatic rings. The van der Waals surface area contributed by atoms with Crippen LogP contribution in [0.25, 0.3) is 0 Å². The van der Waals surface area contributed by atoms with Gasteiger partial charge in [-0.3, -0.25) is 4.79 Å². The van der Waals surface area contributed by atoms with Crippen molar-refractivity contribution in [2.24, 2.45) is 0 Å². The molecule has 1 amide bonds. The fraction of sp³-hybridized carbons (Fsp3) is 0.667. The van der Waals surface area contributed by atoms with Crippen LogP contribution in [0.2, 0.25) is 0 Å².